The molecule has 0 aliphatic carbocycles. The number of benzene rings is 1. The second-order valence-corrected chi connectivity index (χ2v) is 4.31. The monoisotopic (exact) mass is 234 g/mol. The van der Waals surface area contributed by atoms with Crippen LogP contribution in [0, 0.1) is 6.92 Å². The number of carbonyl (C=O) groups is 1. The van der Waals surface area contributed by atoms with E-state index in [1.54, 1.807) is 7.05 Å². The minimum atomic E-state index is 0.107. The summed E-state index contributed by atoms with van der Waals surface area (Å²) in [6, 6.07) is 8.72. The summed E-state index contributed by atoms with van der Waals surface area (Å²) >= 11 is 0. The van der Waals surface area contributed by atoms with E-state index in [0.29, 0.717) is 12.5 Å². The second kappa shape index (κ2) is 7.07. The molecule has 1 atom stereocenters. The first kappa shape index (κ1) is 13.7. The van der Waals surface area contributed by atoms with Gasteiger partial charge in [-0.2, -0.15) is 0 Å². The van der Waals surface area contributed by atoms with Crippen LogP contribution in [0.25, 0.3) is 0 Å². The van der Waals surface area contributed by atoms with E-state index in [1.165, 1.54) is 11.1 Å². The molecule has 0 aliphatic rings. The molecule has 0 heterocycles. The van der Waals surface area contributed by atoms with Crippen LogP contribution in [0.3, 0.4) is 0 Å². The van der Waals surface area contributed by atoms with Crippen molar-refractivity contribution in [2.24, 2.45) is 0 Å². The molecule has 94 valence electrons. The van der Waals surface area contributed by atoms with Crippen LogP contribution in [0.2, 0.25) is 0 Å². The highest BCUT2D eigenvalue weighted by atomic mass is 16.1. The average Bonchev–Trinajstić information content (AvgIpc) is 2.34. The Morgan fingerprint density at radius 3 is 2.71 bits per heavy atom. The van der Waals surface area contributed by atoms with Gasteiger partial charge in [0.2, 0.25) is 5.91 Å². The van der Waals surface area contributed by atoms with Gasteiger partial charge in [0.05, 0.1) is 0 Å². The summed E-state index contributed by atoms with van der Waals surface area (Å²) in [5.74, 6) is 0.107. The van der Waals surface area contributed by atoms with E-state index in [1.807, 2.05) is 0 Å². The molecule has 0 radical (unpaired) electrons. The minimum Gasteiger partial charge on any atom is -0.359 e. The molecule has 0 fully saturated rings. The summed E-state index contributed by atoms with van der Waals surface area (Å²) in [5.41, 5.74) is 2.63. The maximum Gasteiger partial charge on any atom is 0.219 e. The minimum absolute atomic E-state index is 0.107. The largest absolute Gasteiger partial charge is 0.359 e. The Morgan fingerprint density at radius 1 is 1.35 bits per heavy atom. The molecule has 17 heavy (non-hydrogen) atoms. The number of hydrogen-bond donors (Lipinski definition) is 2. The average molecular weight is 234 g/mol. The van der Waals surface area contributed by atoms with Crippen molar-refractivity contribution in [2.45, 2.75) is 32.7 Å². The van der Waals surface area contributed by atoms with Gasteiger partial charge in [-0.25, -0.2) is 0 Å². The lowest BCUT2D eigenvalue weighted by Crippen LogP contribution is -2.23. The Bertz CT molecular complexity index is 363. The molecule has 0 unspecified atom stereocenters. The summed E-state index contributed by atoms with van der Waals surface area (Å²) in [6.07, 6.45) is 1.46. The molecule has 1 aromatic carbocycles. The van der Waals surface area contributed by atoms with Gasteiger partial charge in [-0.3, -0.25) is 4.79 Å². The Morgan fingerprint density at radius 2 is 2.06 bits per heavy atom. The number of carbonyl (C=O) groups excluding carboxylic acids is 1. The maximum absolute atomic E-state index is 11.0. The van der Waals surface area contributed by atoms with Crippen LogP contribution >= 0.6 is 0 Å². The molecule has 0 saturated heterocycles. The molecule has 0 saturated carbocycles. The normalized spacial score (nSPS) is 12.2. The lowest BCUT2D eigenvalue weighted by atomic mass is 10.0. The highest BCUT2D eigenvalue weighted by Gasteiger charge is 2.06. The van der Waals surface area contributed by atoms with Gasteiger partial charge in [0.15, 0.2) is 0 Å². The number of aryl methyl sites for hydroxylation is 1. The number of hydrogen-bond acceptors (Lipinski definition) is 2. The highest BCUT2D eigenvalue weighted by Crippen LogP contribution is 2.16. The van der Waals surface area contributed by atoms with Crippen molar-refractivity contribution in [2.75, 3.05) is 13.6 Å². The van der Waals surface area contributed by atoms with Gasteiger partial charge in [-0.05, 0) is 37.9 Å². The molecule has 1 amide bonds. The Labute approximate surface area is 104 Å². The molecular weight excluding hydrogens is 212 g/mol. The second-order valence-electron chi connectivity index (χ2n) is 4.31. The highest BCUT2D eigenvalue weighted by molar-refractivity contribution is 5.75. The van der Waals surface area contributed by atoms with Gasteiger partial charge in [-0.15, -0.1) is 0 Å². The molecule has 1 rings (SSSR count). The van der Waals surface area contributed by atoms with Crippen LogP contribution in [0.4, 0.5) is 0 Å². The van der Waals surface area contributed by atoms with Gasteiger partial charge >= 0.3 is 0 Å². The zero-order chi connectivity index (χ0) is 12.7. The standard InChI is InChI=1S/C14H22N2O/c1-11-7-4-5-8-13(11)12(2)16-10-6-9-14(17)15-3/h4-5,7-8,12,16H,6,9-10H2,1-3H3,(H,15,17)/t12-/m0/s1. The first-order valence-electron chi connectivity index (χ1n) is 6.14. The molecular formula is C14H22N2O. The van der Waals surface area contributed by atoms with Crippen molar-refractivity contribution >= 4 is 5.91 Å². The predicted molar refractivity (Wildman–Crippen MR) is 70.9 cm³/mol. The summed E-state index contributed by atoms with van der Waals surface area (Å²) in [5, 5.41) is 6.07. The van der Waals surface area contributed by atoms with Crippen molar-refractivity contribution in [1.29, 1.82) is 0 Å². The zero-order valence-corrected chi connectivity index (χ0v) is 10.9. The van der Waals surface area contributed by atoms with E-state index in [-0.39, 0.29) is 5.91 Å². The van der Waals surface area contributed by atoms with Crippen LogP contribution < -0.4 is 10.6 Å². The van der Waals surface area contributed by atoms with E-state index >= 15 is 0 Å². The summed E-state index contributed by atoms with van der Waals surface area (Å²) in [4.78, 5) is 11.0. The van der Waals surface area contributed by atoms with Crippen molar-refractivity contribution in [1.82, 2.24) is 10.6 Å². The molecule has 0 aromatic heterocycles. The third-order valence-corrected chi connectivity index (χ3v) is 2.96. The molecule has 0 spiro atoms. The van der Waals surface area contributed by atoms with Crippen molar-refractivity contribution < 1.29 is 4.79 Å². The van der Waals surface area contributed by atoms with Crippen molar-refractivity contribution in [3.63, 3.8) is 0 Å². The van der Waals surface area contributed by atoms with Crippen LogP contribution in [0.5, 0.6) is 0 Å². The third kappa shape index (κ3) is 4.57. The number of rotatable bonds is 6. The SMILES string of the molecule is CNC(=O)CCCN[C@@H](C)c1ccccc1C. The fourth-order valence-corrected chi connectivity index (χ4v) is 1.88. The maximum atomic E-state index is 11.0. The van der Waals surface area contributed by atoms with Gasteiger partial charge in [0.25, 0.3) is 0 Å². The van der Waals surface area contributed by atoms with Crippen molar-refractivity contribution in [3.8, 4) is 0 Å². The number of nitrogens with one attached hydrogen (secondary N) is 2. The molecule has 3 heteroatoms. The topological polar surface area (TPSA) is 41.1 Å². The van der Waals surface area contributed by atoms with E-state index in [2.05, 4.69) is 48.7 Å². The van der Waals surface area contributed by atoms with Gasteiger partial charge in [-0.1, -0.05) is 24.3 Å². The lowest BCUT2D eigenvalue weighted by Gasteiger charge is -2.16. The van der Waals surface area contributed by atoms with Crippen LogP contribution in [-0.4, -0.2) is 19.5 Å². The molecule has 0 aliphatic heterocycles. The van der Waals surface area contributed by atoms with Gasteiger partial charge in [0, 0.05) is 19.5 Å². The predicted octanol–water partition coefficient (Wildman–Crippen LogP) is 2.17. The smallest absolute Gasteiger partial charge is 0.219 e. The first-order valence-corrected chi connectivity index (χ1v) is 6.14. The van der Waals surface area contributed by atoms with Gasteiger partial charge < -0.3 is 10.6 Å². The molecule has 3 nitrogen and oxygen atoms in total. The molecule has 2 N–H and O–H groups in total. The fraction of sp³-hybridized carbons (Fsp3) is 0.500. The van der Waals surface area contributed by atoms with Gasteiger partial charge in [0.1, 0.15) is 0 Å². The quantitative estimate of drug-likeness (QED) is 0.741. The Kier molecular flexibility index (Phi) is 5.70. The molecule has 1 aromatic rings. The fourth-order valence-electron chi connectivity index (χ4n) is 1.88. The molecule has 0 bridgehead atoms. The lowest BCUT2D eigenvalue weighted by molar-refractivity contribution is -0.120. The van der Waals surface area contributed by atoms with E-state index in [0.717, 1.165) is 13.0 Å². The Balaban J connectivity index is 2.33. The first-order chi connectivity index (χ1) is 8.15. The van der Waals surface area contributed by atoms with Crippen LogP contribution in [-0.2, 0) is 4.79 Å². The van der Waals surface area contributed by atoms with Crippen LogP contribution in [0.15, 0.2) is 24.3 Å². The number of amides is 1. The van der Waals surface area contributed by atoms with E-state index in [4.69, 9.17) is 0 Å². The van der Waals surface area contributed by atoms with E-state index in [9.17, 15) is 4.79 Å². The zero-order valence-electron chi connectivity index (χ0n) is 10.9. The van der Waals surface area contributed by atoms with Crippen LogP contribution in [0.1, 0.15) is 36.9 Å². The summed E-state index contributed by atoms with van der Waals surface area (Å²) in [6.45, 7) is 5.14. The van der Waals surface area contributed by atoms with E-state index < -0.39 is 0 Å². The van der Waals surface area contributed by atoms with Crippen molar-refractivity contribution in [3.05, 3.63) is 35.4 Å². The third-order valence-electron chi connectivity index (χ3n) is 2.96. The Hall–Kier alpha value is -1.35. The summed E-state index contributed by atoms with van der Waals surface area (Å²) < 4.78 is 0. The summed E-state index contributed by atoms with van der Waals surface area (Å²) in [7, 11) is 1.67.